The van der Waals surface area contributed by atoms with Gasteiger partial charge in [0, 0.05) is 14.0 Å². The fourth-order valence-corrected chi connectivity index (χ4v) is 3.10. The monoisotopic (exact) mass is 331 g/mol. The topological polar surface area (TPSA) is 92.3 Å². The summed E-state index contributed by atoms with van der Waals surface area (Å²) in [6, 6.07) is 0. The molecule has 0 aromatic rings. The van der Waals surface area contributed by atoms with Crippen molar-refractivity contribution in [2.24, 2.45) is 0 Å². The minimum atomic E-state index is -1.41. The lowest BCUT2D eigenvalue weighted by Gasteiger charge is -2.35. The Morgan fingerprint density at radius 3 is 2.39 bits per heavy atom. The van der Waals surface area contributed by atoms with Gasteiger partial charge in [-0.1, -0.05) is 0 Å². The summed E-state index contributed by atoms with van der Waals surface area (Å²) in [4.78, 5) is 24.1. The molecule has 5 atom stereocenters. The highest BCUT2D eigenvalue weighted by Gasteiger charge is 2.63. The van der Waals surface area contributed by atoms with E-state index in [1.165, 1.54) is 14.0 Å². The average molecular weight is 331 g/mol. The predicted octanol–water partition coefficient (Wildman–Crippen LogP) is 0.336. The summed E-state index contributed by atoms with van der Waals surface area (Å²) < 4.78 is 27.9. The van der Waals surface area contributed by atoms with Crippen LogP contribution in [0.1, 0.15) is 34.6 Å². The molecule has 2 saturated heterocycles. The summed E-state index contributed by atoms with van der Waals surface area (Å²) in [6.45, 7) is 8.31. The highest BCUT2D eigenvalue weighted by atomic mass is 16.8. The number of esters is 1. The summed E-state index contributed by atoms with van der Waals surface area (Å²) >= 11 is 0. The number of amides is 1. The van der Waals surface area contributed by atoms with Crippen molar-refractivity contribution in [3.05, 3.63) is 0 Å². The van der Waals surface area contributed by atoms with Gasteiger partial charge in [-0.2, -0.15) is 0 Å². The summed E-state index contributed by atoms with van der Waals surface area (Å²) in [7, 11) is 1.49. The summed E-state index contributed by atoms with van der Waals surface area (Å²) in [5.74, 6) is -1.80. The van der Waals surface area contributed by atoms with Gasteiger partial charge in [-0.25, -0.2) is 4.79 Å². The van der Waals surface area contributed by atoms with Gasteiger partial charge < -0.3 is 29.0 Å². The van der Waals surface area contributed by atoms with E-state index in [1.54, 1.807) is 27.7 Å². The van der Waals surface area contributed by atoms with Crippen LogP contribution in [0.15, 0.2) is 0 Å². The minimum absolute atomic E-state index is 0.186. The highest BCUT2D eigenvalue weighted by Crippen LogP contribution is 2.42. The Bertz CT molecular complexity index is 480. The number of nitrogens with one attached hydrogen (secondary N) is 1. The first-order chi connectivity index (χ1) is 10.6. The fourth-order valence-electron chi connectivity index (χ4n) is 3.10. The Morgan fingerprint density at radius 2 is 1.87 bits per heavy atom. The molecule has 1 amide bonds. The standard InChI is InChI=1S/C15H25NO7/c1-7-20-13(18)15(5,16-8(2)17)11-9-10(12(19-6)21-11)23-14(3,4)22-9/h9-12H,7H2,1-6H3,(H,16,17)/t9-,10+,11+,12+,15-/m1/s1. The minimum Gasteiger partial charge on any atom is -0.464 e. The molecule has 0 radical (unpaired) electrons. The van der Waals surface area contributed by atoms with Crippen LogP contribution in [0.25, 0.3) is 0 Å². The first kappa shape index (κ1) is 18.1. The van der Waals surface area contributed by atoms with Crippen molar-refractivity contribution in [3.63, 3.8) is 0 Å². The number of hydrogen-bond acceptors (Lipinski definition) is 7. The van der Waals surface area contributed by atoms with Gasteiger partial charge in [0.05, 0.1) is 6.61 Å². The number of fused-ring (bicyclic) bond motifs is 1. The number of rotatable bonds is 5. The maximum absolute atomic E-state index is 12.5. The summed E-state index contributed by atoms with van der Waals surface area (Å²) in [6.07, 6.45) is -2.57. The van der Waals surface area contributed by atoms with E-state index in [9.17, 15) is 9.59 Å². The molecule has 0 bridgehead atoms. The predicted molar refractivity (Wildman–Crippen MR) is 78.3 cm³/mol. The number of hydrogen-bond donors (Lipinski definition) is 1. The lowest BCUT2D eigenvalue weighted by molar-refractivity contribution is -0.236. The Balaban J connectivity index is 2.34. The Labute approximate surface area is 135 Å². The van der Waals surface area contributed by atoms with Crippen molar-refractivity contribution in [3.8, 4) is 0 Å². The van der Waals surface area contributed by atoms with Crippen molar-refractivity contribution in [1.29, 1.82) is 0 Å². The molecule has 2 fully saturated rings. The van der Waals surface area contributed by atoms with Crippen molar-refractivity contribution < 1.29 is 33.3 Å². The van der Waals surface area contributed by atoms with Gasteiger partial charge in [0.25, 0.3) is 0 Å². The highest BCUT2D eigenvalue weighted by molar-refractivity contribution is 5.87. The van der Waals surface area contributed by atoms with Gasteiger partial charge in [0.1, 0.15) is 18.3 Å². The van der Waals surface area contributed by atoms with Crippen LogP contribution in [0, 0.1) is 0 Å². The molecule has 0 spiro atoms. The van der Waals surface area contributed by atoms with Crippen LogP contribution in [-0.4, -0.2) is 61.5 Å². The maximum atomic E-state index is 12.5. The number of carbonyl (C=O) groups excluding carboxylic acids is 2. The molecular weight excluding hydrogens is 306 g/mol. The normalized spacial score (nSPS) is 34.5. The quantitative estimate of drug-likeness (QED) is 0.726. The van der Waals surface area contributed by atoms with E-state index in [0.29, 0.717) is 0 Å². The largest absolute Gasteiger partial charge is 0.464 e. The number of methoxy groups -OCH3 is 1. The van der Waals surface area contributed by atoms with Gasteiger partial charge in [-0.3, -0.25) is 4.79 Å². The van der Waals surface area contributed by atoms with Crippen LogP contribution < -0.4 is 5.32 Å². The first-order valence-corrected chi connectivity index (χ1v) is 7.64. The molecule has 0 unspecified atom stereocenters. The van der Waals surface area contributed by atoms with Gasteiger partial charge >= 0.3 is 5.97 Å². The molecule has 0 aliphatic carbocycles. The molecular formula is C15H25NO7. The number of carbonyl (C=O) groups is 2. The van der Waals surface area contributed by atoms with Gasteiger partial charge in [-0.05, 0) is 27.7 Å². The molecule has 0 saturated carbocycles. The van der Waals surface area contributed by atoms with E-state index in [4.69, 9.17) is 23.7 Å². The molecule has 0 aromatic heterocycles. The molecule has 2 heterocycles. The average Bonchev–Trinajstić information content (AvgIpc) is 2.90. The van der Waals surface area contributed by atoms with E-state index >= 15 is 0 Å². The zero-order valence-corrected chi connectivity index (χ0v) is 14.4. The second-order valence-electron chi connectivity index (χ2n) is 6.33. The van der Waals surface area contributed by atoms with E-state index < -0.39 is 41.9 Å². The van der Waals surface area contributed by atoms with Crippen LogP contribution in [0.3, 0.4) is 0 Å². The van der Waals surface area contributed by atoms with Gasteiger partial charge in [0.2, 0.25) is 5.91 Å². The van der Waals surface area contributed by atoms with Crippen LogP contribution in [0.4, 0.5) is 0 Å². The van der Waals surface area contributed by atoms with Crippen molar-refractivity contribution in [2.45, 2.75) is 70.5 Å². The van der Waals surface area contributed by atoms with Crippen LogP contribution >= 0.6 is 0 Å². The second kappa shape index (κ2) is 6.35. The van der Waals surface area contributed by atoms with Crippen LogP contribution in [0.2, 0.25) is 0 Å². The third-order valence-corrected chi connectivity index (χ3v) is 3.95. The zero-order chi connectivity index (χ0) is 17.4. The molecule has 2 aliphatic rings. The molecule has 2 rings (SSSR count). The Morgan fingerprint density at radius 1 is 1.26 bits per heavy atom. The smallest absolute Gasteiger partial charge is 0.334 e. The SMILES string of the molecule is CCOC(=O)[C@](C)(NC(C)=O)[C@H]1O[C@H](OC)[C@H]2OC(C)(C)O[C@H]21. The lowest BCUT2D eigenvalue weighted by atomic mass is 9.90. The number of ether oxygens (including phenoxy) is 5. The van der Waals surface area contributed by atoms with E-state index in [2.05, 4.69) is 5.32 Å². The second-order valence-corrected chi connectivity index (χ2v) is 6.33. The third kappa shape index (κ3) is 3.35. The van der Waals surface area contributed by atoms with E-state index in [0.717, 1.165) is 0 Å². The summed E-state index contributed by atoms with van der Waals surface area (Å²) in [5, 5.41) is 2.64. The molecule has 23 heavy (non-hydrogen) atoms. The first-order valence-electron chi connectivity index (χ1n) is 7.64. The molecule has 8 heteroatoms. The van der Waals surface area contributed by atoms with Crippen molar-refractivity contribution in [2.75, 3.05) is 13.7 Å². The van der Waals surface area contributed by atoms with E-state index in [1.807, 2.05) is 0 Å². The van der Waals surface area contributed by atoms with Gasteiger partial charge in [0.15, 0.2) is 17.6 Å². The zero-order valence-electron chi connectivity index (χ0n) is 14.4. The van der Waals surface area contributed by atoms with Crippen molar-refractivity contribution >= 4 is 11.9 Å². The molecule has 0 aromatic carbocycles. The van der Waals surface area contributed by atoms with E-state index in [-0.39, 0.29) is 12.5 Å². The molecule has 132 valence electrons. The van der Waals surface area contributed by atoms with Gasteiger partial charge in [-0.15, -0.1) is 0 Å². The Hall–Kier alpha value is -1.22. The summed E-state index contributed by atoms with van der Waals surface area (Å²) in [5.41, 5.74) is -1.41. The van der Waals surface area contributed by atoms with Crippen molar-refractivity contribution in [1.82, 2.24) is 5.32 Å². The Kier molecular flexibility index (Phi) is 5.00. The maximum Gasteiger partial charge on any atom is 0.334 e. The molecule has 1 N–H and O–H groups in total. The fraction of sp³-hybridized carbons (Fsp3) is 0.867. The lowest BCUT2D eigenvalue weighted by Crippen LogP contribution is -2.63. The molecule has 2 aliphatic heterocycles. The third-order valence-electron chi connectivity index (χ3n) is 3.95. The molecule has 8 nitrogen and oxygen atoms in total. The van der Waals surface area contributed by atoms with Crippen LogP contribution in [0.5, 0.6) is 0 Å². The van der Waals surface area contributed by atoms with Crippen LogP contribution in [-0.2, 0) is 33.3 Å².